The molecule has 0 aliphatic carbocycles. The smallest absolute Gasteiger partial charge is 0.370 e. The van der Waals surface area contributed by atoms with Gasteiger partial charge in [-0.15, -0.1) is 0 Å². The monoisotopic (exact) mass is 316 g/mol. The van der Waals surface area contributed by atoms with Crippen molar-refractivity contribution >= 4 is 28.4 Å². The molecule has 0 unspecified atom stereocenters. The third kappa shape index (κ3) is 4.60. The normalized spacial score (nSPS) is 11.1. The first-order chi connectivity index (χ1) is 10.7. The van der Waals surface area contributed by atoms with Gasteiger partial charge >= 0.3 is 5.97 Å². The SMILES string of the molecule is CCOC(=O)/C(Cl)=N/N(Cc1ccccc1)c1ccccc1. The summed E-state index contributed by atoms with van der Waals surface area (Å²) in [7, 11) is 0. The molecule has 0 amide bonds. The standard InChI is InChI=1S/C17H17ClN2O2/c1-2-22-17(21)16(18)19-20(15-11-7-4-8-12-15)13-14-9-5-3-6-10-14/h3-12H,2,13H2,1H3/b19-16-. The molecule has 0 saturated carbocycles. The zero-order valence-corrected chi connectivity index (χ0v) is 13.0. The molecule has 22 heavy (non-hydrogen) atoms. The molecule has 0 aliphatic rings. The summed E-state index contributed by atoms with van der Waals surface area (Å²) in [6.45, 7) is 2.48. The van der Waals surface area contributed by atoms with Gasteiger partial charge in [0.15, 0.2) is 0 Å². The Balaban J connectivity index is 2.26. The predicted octanol–water partition coefficient (Wildman–Crippen LogP) is 3.81. The average molecular weight is 317 g/mol. The summed E-state index contributed by atoms with van der Waals surface area (Å²) in [6, 6.07) is 19.4. The van der Waals surface area contributed by atoms with Crippen LogP contribution in [0.25, 0.3) is 0 Å². The number of rotatable bonds is 6. The van der Waals surface area contributed by atoms with Gasteiger partial charge in [0.05, 0.1) is 18.8 Å². The molecule has 0 bridgehead atoms. The highest BCUT2D eigenvalue weighted by molar-refractivity contribution is 6.82. The highest BCUT2D eigenvalue weighted by Gasteiger charge is 2.13. The first-order valence-corrected chi connectivity index (χ1v) is 7.36. The van der Waals surface area contributed by atoms with Gasteiger partial charge in [0.25, 0.3) is 0 Å². The van der Waals surface area contributed by atoms with E-state index in [1.807, 2.05) is 60.7 Å². The largest absolute Gasteiger partial charge is 0.461 e. The molecule has 0 atom stereocenters. The molecular weight excluding hydrogens is 300 g/mol. The molecule has 0 aromatic heterocycles. The Morgan fingerprint density at radius 2 is 1.68 bits per heavy atom. The number of esters is 1. The van der Waals surface area contributed by atoms with Crippen molar-refractivity contribution in [3.63, 3.8) is 0 Å². The van der Waals surface area contributed by atoms with Gasteiger partial charge in [-0.25, -0.2) is 4.79 Å². The molecule has 2 rings (SSSR count). The molecule has 0 fully saturated rings. The maximum Gasteiger partial charge on any atom is 0.370 e. The number of carbonyl (C=O) groups is 1. The second-order valence-corrected chi connectivity index (χ2v) is 4.85. The third-order valence-electron chi connectivity index (χ3n) is 2.88. The van der Waals surface area contributed by atoms with E-state index >= 15 is 0 Å². The van der Waals surface area contributed by atoms with Crippen molar-refractivity contribution < 1.29 is 9.53 Å². The summed E-state index contributed by atoms with van der Waals surface area (Å²) >= 11 is 5.95. The van der Waals surface area contributed by atoms with Crippen LogP contribution >= 0.6 is 11.6 Å². The van der Waals surface area contributed by atoms with Crippen molar-refractivity contribution in [1.29, 1.82) is 0 Å². The zero-order chi connectivity index (χ0) is 15.8. The highest BCUT2D eigenvalue weighted by Crippen LogP contribution is 2.18. The van der Waals surface area contributed by atoms with Gasteiger partial charge in [-0.3, -0.25) is 5.01 Å². The number of benzene rings is 2. The number of anilines is 1. The average Bonchev–Trinajstić information content (AvgIpc) is 2.56. The summed E-state index contributed by atoms with van der Waals surface area (Å²) in [5.74, 6) is -0.627. The van der Waals surface area contributed by atoms with E-state index in [2.05, 4.69) is 5.10 Å². The molecule has 0 N–H and O–H groups in total. The maximum absolute atomic E-state index is 11.7. The van der Waals surface area contributed by atoms with Gasteiger partial charge in [-0.1, -0.05) is 60.1 Å². The highest BCUT2D eigenvalue weighted by atomic mass is 35.5. The Kier molecular flexibility index (Phi) is 5.98. The van der Waals surface area contributed by atoms with E-state index in [0.29, 0.717) is 6.54 Å². The quantitative estimate of drug-likeness (QED) is 0.462. The molecule has 0 saturated heterocycles. The van der Waals surface area contributed by atoms with E-state index < -0.39 is 5.97 Å². The summed E-state index contributed by atoms with van der Waals surface area (Å²) in [5.41, 5.74) is 1.90. The number of halogens is 1. The first kappa shape index (κ1) is 16.0. The summed E-state index contributed by atoms with van der Waals surface area (Å²) in [5, 5.41) is 5.68. The fourth-order valence-corrected chi connectivity index (χ4v) is 2.02. The molecule has 4 nitrogen and oxygen atoms in total. The third-order valence-corrected chi connectivity index (χ3v) is 3.11. The van der Waals surface area contributed by atoms with Crippen molar-refractivity contribution in [2.45, 2.75) is 13.5 Å². The summed E-state index contributed by atoms with van der Waals surface area (Å²) in [4.78, 5) is 11.7. The zero-order valence-electron chi connectivity index (χ0n) is 12.3. The Morgan fingerprint density at radius 3 is 2.27 bits per heavy atom. The van der Waals surface area contributed by atoms with Crippen LogP contribution in [0.3, 0.4) is 0 Å². The van der Waals surface area contributed by atoms with E-state index in [4.69, 9.17) is 16.3 Å². The number of ether oxygens (including phenoxy) is 1. The number of hydrazone groups is 1. The Hall–Kier alpha value is -2.33. The lowest BCUT2D eigenvalue weighted by Gasteiger charge is -2.19. The van der Waals surface area contributed by atoms with Crippen molar-refractivity contribution in [2.24, 2.45) is 5.10 Å². The lowest BCUT2D eigenvalue weighted by atomic mass is 10.2. The van der Waals surface area contributed by atoms with Crippen LogP contribution < -0.4 is 5.01 Å². The molecule has 0 aliphatic heterocycles. The van der Waals surface area contributed by atoms with Crippen LogP contribution in [0.5, 0.6) is 0 Å². The van der Waals surface area contributed by atoms with Crippen molar-refractivity contribution in [2.75, 3.05) is 11.6 Å². The second kappa shape index (κ2) is 8.20. The Labute approximate surface area is 135 Å². The summed E-state index contributed by atoms with van der Waals surface area (Å²) < 4.78 is 4.86. The Morgan fingerprint density at radius 1 is 1.09 bits per heavy atom. The fourth-order valence-electron chi connectivity index (χ4n) is 1.88. The van der Waals surface area contributed by atoms with Gasteiger partial charge in [-0.2, -0.15) is 5.10 Å². The number of nitrogens with zero attached hydrogens (tertiary/aromatic N) is 2. The number of hydrogen-bond acceptors (Lipinski definition) is 4. The minimum Gasteiger partial charge on any atom is -0.461 e. The van der Waals surface area contributed by atoms with Crippen molar-refractivity contribution in [3.05, 3.63) is 66.2 Å². The first-order valence-electron chi connectivity index (χ1n) is 6.98. The van der Waals surface area contributed by atoms with Crippen LogP contribution in [0.1, 0.15) is 12.5 Å². The van der Waals surface area contributed by atoms with Gasteiger partial charge in [-0.05, 0) is 24.6 Å². The van der Waals surface area contributed by atoms with Crippen LogP contribution in [0.15, 0.2) is 65.8 Å². The van der Waals surface area contributed by atoms with Crippen molar-refractivity contribution in [1.82, 2.24) is 0 Å². The molecule has 5 heteroatoms. The minimum atomic E-state index is -0.627. The van der Waals surface area contributed by atoms with Gasteiger partial charge in [0.2, 0.25) is 5.17 Å². The van der Waals surface area contributed by atoms with Crippen LogP contribution in [0.2, 0.25) is 0 Å². The predicted molar refractivity (Wildman–Crippen MR) is 89.0 cm³/mol. The molecule has 0 radical (unpaired) electrons. The van der Waals surface area contributed by atoms with E-state index in [1.54, 1.807) is 11.9 Å². The number of carbonyl (C=O) groups excluding carboxylic acids is 1. The van der Waals surface area contributed by atoms with E-state index in [1.165, 1.54) is 0 Å². The molecule has 2 aromatic rings. The minimum absolute atomic E-state index is 0.193. The second-order valence-electron chi connectivity index (χ2n) is 4.49. The fraction of sp³-hybridized carbons (Fsp3) is 0.176. The van der Waals surface area contributed by atoms with E-state index in [-0.39, 0.29) is 11.8 Å². The molecule has 2 aromatic carbocycles. The topological polar surface area (TPSA) is 41.9 Å². The van der Waals surface area contributed by atoms with Crippen LogP contribution in [0, 0.1) is 0 Å². The van der Waals surface area contributed by atoms with Gasteiger partial charge < -0.3 is 4.74 Å². The van der Waals surface area contributed by atoms with E-state index in [0.717, 1.165) is 11.3 Å². The number of para-hydroxylation sites is 1. The van der Waals surface area contributed by atoms with Crippen LogP contribution in [-0.4, -0.2) is 17.7 Å². The summed E-state index contributed by atoms with van der Waals surface area (Å²) in [6.07, 6.45) is 0. The van der Waals surface area contributed by atoms with Gasteiger partial charge in [0, 0.05) is 0 Å². The van der Waals surface area contributed by atoms with E-state index in [9.17, 15) is 4.79 Å². The maximum atomic E-state index is 11.7. The van der Waals surface area contributed by atoms with Crippen LogP contribution in [0.4, 0.5) is 5.69 Å². The lowest BCUT2D eigenvalue weighted by Crippen LogP contribution is -2.21. The van der Waals surface area contributed by atoms with Gasteiger partial charge in [0.1, 0.15) is 0 Å². The molecule has 0 heterocycles. The lowest BCUT2D eigenvalue weighted by molar-refractivity contribution is -0.134. The van der Waals surface area contributed by atoms with Crippen LogP contribution in [-0.2, 0) is 16.1 Å². The molecular formula is C17H17ClN2O2. The molecule has 0 spiro atoms. The number of hydrogen-bond donors (Lipinski definition) is 0. The van der Waals surface area contributed by atoms with Crippen molar-refractivity contribution in [3.8, 4) is 0 Å². The Bertz CT molecular complexity index is 630. The molecule has 114 valence electrons.